The number of phenols is 2. The van der Waals surface area contributed by atoms with Crippen molar-refractivity contribution in [1.29, 1.82) is 0 Å². The van der Waals surface area contributed by atoms with E-state index < -0.39 is 6.03 Å². The third-order valence-electron chi connectivity index (χ3n) is 3.37. The van der Waals surface area contributed by atoms with Gasteiger partial charge < -0.3 is 15.9 Å². The maximum Gasteiger partial charge on any atom is 0.328 e. The third-order valence-corrected chi connectivity index (χ3v) is 3.37. The van der Waals surface area contributed by atoms with Crippen LogP contribution in [0.2, 0.25) is 0 Å². The molecular formula is C15H24N4O3. The second-order valence-electron chi connectivity index (χ2n) is 4.79. The number of rotatable bonds is 4. The molecule has 0 aromatic heterocycles. The van der Waals surface area contributed by atoms with Gasteiger partial charge in [-0.3, -0.25) is 15.2 Å². The summed E-state index contributed by atoms with van der Waals surface area (Å²) in [5, 5.41) is 22.3. The first-order valence-corrected chi connectivity index (χ1v) is 7.28. The predicted molar refractivity (Wildman–Crippen MR) is 87.6 cm³/mol. The number of nitrogens with zero attached hydrogens (tertiary/aromatic N) is 2. The van der Waals surface area contributed by atoms with Crippen molar-refractivity contribution in [2.45, 2.75) is 33.6 Å². The molecule has 0 atom stereocenters. The second kappa shape index (κ2) is 7.53. The van der Waals surface area contributed by atoms with E-state index in [9.17, 15) is 15.0 Å². The fraction of sp³-hybridized carbons (Fsp3) is 0.467. The summed E-state index contributed by atoms with van der Waals surface area (Å²) in [6.07, 6.45) is 1.07. The van der Waals surface area contributed by atoms with Crippen LogP contribution in [-0.4, -0.2) is 35.8 Å². The average Bonchev–Trinajstić information content (AvgIpc) is 2.48. The van der Waals surface area contributed by atoms with Crippen molar-refractivity contribution in [3.8, 4) is 11.5 Å². The van der Waals surface area contributed by atoms with Crippen LogP contribution in [0.5, 0.6) is 11.5 Å². The zero-order chi connectivity index (χ0) is 16.9. The van der Waals surface area contributed by atoms with Crippen LogP contribution in [0.1, 0.15) is 31.9 Å². The summed E-state index contributed by atoms with van der Waals surface area (Å²) in [6.45, 7) is 6.03. The van der Waals surface area contributed by atoms with Crippen molar-refractivity contribution < 1.29 is 15.0 Å². The van der Waals surface area contributed by atoms with Gasteiger partial charge in [0.1, 0.15) is 0 Å². The molecule has 0 unspecified atom stereocenters. The first-order chi connectivity index (χ1) is 10.4. The normalized spacial score (nSPS) is 11.4. The summed E-state index contributed by atoms with van der Waals surface area (Å²) in [5.41, 5.74) is 7.44. The quantitative estimate of drug-likeness (QED) is 0.385. The Morgan fingerprint density at radius 3 is 2.45 bits per heavy atom. The Balaban J connectivity index is 3.27. The minimum Gasteiger partial charge on any atom is -0.504 e. The van der Waals surface area contributed by atoms with Gasteiger partial charge in [0.25, 0.3) is 0 Å². The number of guanidine groups is 1. The van der Waals surface area contributed by atoms with Crippen LogP contribution < -0.4 is 16.0 Å². The molecule has 0 saturated heterocycles. The van der Waals surface area contributed by atoms with Gasteiger partial charge in [0.05, 0.1) is 5.69 Å². The number of nitrogens with two attached hydrogens (primary N) is 1. The van der Waals surface area contributed by atoms with Gasteiger partial charge in [0, 0.05) is 19.2 Å². The van der Waals surface area contributed by atoms with Gasteiger partial charge in [-0.15, -0.1) is 0 Å². The van der Waals surface area contributed by atoms with Gasteiger partial charge in [0.15, 0.2) is 17.5 Å². The molecule has 0 saturated carbocycles. The number of phenolic OH excluding ortho intramolecular Hbond substituents is 2. The molecule has 0 fully saturated rings. The lowest BCUT2D eigenvalue weighted by atomic mass is 10.00. The highest BCUT2D eigenvalue weighted by atomic mass is 16.3. The molecule has 122 valence electrons. The van der Waals surface area contributed by atoms with Crippen molar-refractivity contribution in [3.63, 3.8) is 0 Å². The van der Waals surface area contributed by atoms with Crippen molar-refractivity contribution in [2.24, 2.45) is 10.7 Å². The maximum absolute atomic E-state index is 12.3. The molecule has 2 amide bonds. The average molecular weight is 308 g/mol. The number of urea groups is 1. The molecule has 7 heteroatoms. The van der Waals surface area contributed by atoms with E-state index in [1.54, 1.807) is 7.05 Å². The molecule has 7 nitrogen and oxygen atoms in total. The van der Waals surface area contributed by atoms with E-state index in [-0.39, 0.29) is 17.5 Å². The van der Waals surface area contributed by atoms with Gasteiger partial charge >= 0.3 is 6.03 Å². The Bertz CT molecular complexity index is 585. The van der Waals surface area contributed by atoms with Crippen LogP contribution in [0.3, 0.4) is 0 Å². The summed E-state index contributed by atoms with van der Waals surface area (Å²) in [6, 6.07) is 1.01. The highest BCUT2D eigenvalue weighted by molar-refractivity contribution is 6.04. The minimum atomic E-state index is -0.454. The summed E-state index contributed by atoms with van der Waals surface area (Å²) in [5.74, 6) is -0.346. The molecule has 0 bridgehead atoms. The Morgan fingerprint density at radius 2 is 1.95 bits per heavy atom. The number of hydrogen-bond acceptors (Lipinski definition) is 4. The molecule has 1 rings (SSSR count). The lowest BCUT2D eigenvalue weighted by molar-refractivity contribution is 0.251. The van der Waals surface area contributed by atoms with E-state index in [1.807, 2.05) is 20.8 Å². The number of hydrogen-bond donors (Lipinski definition) is 4. The fourth-order valence-electron chi connectivity index (χ4n) is 2.29. The molecule has 1 aromatic rings. The summed E-state index contributed by atoms with van der Waals surface area (Å²) in [7, 11) is 1.58. The van der Waals surface area contributed by atoms with Crippen molar-refractivity contribution in [2.75, 3.05) is 18.5 Å². The number of anilines is 1. The van der Waals surface area contributed by atoms with Crippen LogP contribution in [-0.2, 0) is 12.8 Å². The molecule has 5 N–H and O–H groups in total. The number of carbonyl (C=O) groups is 1. The number of benzene rings is 1. The van der Waals surface area contributed by atoms with Gasteiger partial charge in [-0.1, -0.05) is 13.8 Å². The Hall–Kier alpha value is -2.44. The van der Waals surface area contributed by atoms with E-state index in [4.69, 9.17) is 5.73 Å². The second-order valence-corrected chi connectivity index (χ2v) is 4.79. The number of aromatic hydroxyl groups is 2. The molecule has 0 spiro atoms. The summed E-state index contributed by atoms with van der Waals surface area (Å²) < 4.78 is 0. The molecule has 0 radical (unpaired) electrons. The number of aliphatic imine (C=N–C) groups is 1. The van der Waals surface area contributed by atoms with Gasteiger partial charge in [-0.05, 0) is 31.4 Å². The maximum atomic E-state index is 12.3. The zero-order valence-electron chi connectivity index (χ0n) is 13.5. The molecule has 0 aliphatic rings. The smallest absolute Gasteiger partial charge is 0.328 e. The molecule has 0 heterocycles. The third kappa shape index (κ3) is 3.60. The highest BCUT2D eigenvalue weighted by Gasteiger charge is 2.22. The van der Waals surface area contributed by atoms with Crippen molar-refractivity contribution in [3.05, 3.63) is 17.2 Å². The van der Waals surface area contributed by atoms with Gasteiger partial charge in [-0.25, -0.2) is 4.79 Å². The lowest BCUT2D eigenvalue weighted by Gasteiger charge is -2.24. The van der Waals surface area contributed by atoms with E-state index in [0.717, 1.165) is 5.56 Å². The highest BCUT2D eigenvalue weighted by Crippen LogP contribution is 2.39. The Labute approximate surface area is 130 Å². The Kier molecular flexibility index (Phi) is 6.03. The zero-order valence-corrected chi connectivity index (χ0v) is 13.5. The van der Waals surface area contributed by atoms with E-state index >= 15 is 0 Å². The minimum absolute atomic E-state index is 0.0402. The first kappa shape index (κ1) is 17.6. The van der Waals surface area contributed by atoms with Crippen LogP contribution in [0.4, 0.5) is 10.5 Å². The summed E-state index contributed by atoms with van der Waals surface area (Å²) >= 11 is 0. The van der Waals surface area contributed by atoms with Crippen LogP contribution in [0.15, 0.2) is 11.1 Å². The standard InChI is InChI=1S/C15H24N4O3/c1-5-9-8-11(20)13(21)10(6-2)12(9)19(4)15(22)18-14(16)17-7-3/h8,20-21H,5-7H2,1-4H3,(H3,16,17,18,22). The molecule has 0 aliphatic carbocycles. The van der Waals surface area contributed by atoms with Crippen LogP contribution >= 0.6 is 0 Å². The number of nitrogens with one attached hydrogen (secondary N) is 1. The summed E-state index contributed by atoms with van der Waals surface area (Å²) in [4.78, 5) is 17.5. The van der Waals surface area contributed by atoms with Crippen LogP contribution in [0.25, 0.3) is 0 Å². The van der Waals surface area contributed by atoms with E-state index in [0.29, 0.717) is 30.6 Å². The van der Waals surface area contributed by atoms with Crippen LogP contribution in [0, 0.1) is 0 Å². The number of aryl methyl sites for hydroxylation is 1. The van der Waals surface area contributed by atoms with E-state index in [1.165, 1.54) is 11.0 Å². The molecule has 0 aliphatic heterocycles. The molecular weight excluding hydrogens is 284 g/mol. The number of carbonyl (C=O) groups excluding carboxylic acids is 1. The molecule has 22 heavy (non-hydrogen) atoms. The predicted octanol–water partition coefficient (Wildman–Crippen LogP) is 1.70. The van der Waals surface area contributed by atoms with Crippen molar-refractivity contribution in [1.82, 2.24) is 5.32 Å². The largest absolute Gasteiger partial charge is 0.504 e. The topological polar surface area (TPSA) is 111 Å². The fourth-order valence-corrected chi connectivity index (χ4v) is 2.29. The first-order valence-electron chi connectivity index (χ1n) is 7.28. The number of amides is 2. The van der Waals surface area contributed by atoms with Gasteiger partial charge in [-0.2, -0.15) is 0 Å². The van der Waals surface area contributed by atoms with Gasteiger partial charge in [0.2, 0.25) is 0 Å². The lowest BCUT2D eigenvalue weighted by Crippen LogP contribution is -2.45. The van der Waals surface area contributed by atoms with E-state index in [2.05, 4.69) is 10.3 Å². The van der Waals surface area contributed by atoms with Crippen molar-refractivity contribution >= 4 is 17.7 Å². The molecule has 1 aromatic carbocycles. The SMILES string of the molecule is CCN=C(N)NC(=O)N(C)c1c(CC)cc(O)c(O)c1CC. The Morgan fingerprint density at radius 1 is 1.32 bits per heavy atom. The monoisotopic (exact) mass is 308 g/mol.